The third-order valence-corrected chi connectivity index (χ3v) is 9.34. The Morgan fingerprint density at radius 1 is 1.12 bits per heavy atom. The first-order chi connectivity index (χ1) is 20.9. The largest absolute Gasteiger partial charge is 0.487 e. The van der Waals surface area contributed by atoms with Crippen molar-refractivity contribution < 1.29 is 23.7 Å². The Morgan fingerprint density at radius 3 is 2.58 bits per heavy atom. The van der Waals surface area contributed by atoms with E-state index in [9.17, 15) is 9.59 Å². The standard InChI is InChI=1S/C32H24I2N2O6S/c1-3-12-40-29-21(33)13-18(14-22(29)34)15-25-30(37)36-28(20-10-11-23-24(16-20)42-17-41-23)26(31(38)39-4-2)27(35-32(36)43-25)19-8-6-5-7-9-19/h3,5-11,13-16,28H,1,4,12,17H2,2H3/b25-15-. The number of benzene rings is 3. The van der Waals surface area contributed by atoms with E-state index < -0.39 is 12.0 Å². The summed E-state index contributed by atoms with van der Waals surface area (Å²) in [5.74, 6) is 1.38. The first-order valence-corrected chi connectivity index (χ1v) is 16.3. The Labute approximate surface area is 278 Å². The van der Waals surface area contributed by atoms with Crippen molar-refractivity contribution in [2.75, 3.05) is 20.0 Å². The molecule has 2 aliphatic heterocycles. The van der Waals surface area contributed by atoms with Gasteiger partial charge in [0.2, 0.25) is 6.79 Å². The van der Waals surface area contributed by atoms with Crippen LogP contribution in [0.1, 0.15) is 29.7 Å². The molecule has 0 N–H and O–H groups in total. The fourth-order valence-electron chi connectivity index (χ4n) is 4.93. The molecule has 4 aromatic rings. The summed E-state index contributed by atoms with van der Waals surface area (Å²) >= 11 is 5.73. The van der Waals surface area contributed by atoms with E-state index in [1.807, 2.05) is 60.7 Å². The minimum Gasteiger partial charge on any atom is -0.487 e. The summed E-state index contributed by atoms with van der Waals surface area (Å²) in [7, 11) is 0. The summed E-state index contributed by atoms with van der Waals surface area (Å²) in [6.45, 7) is 6.15. The SMILES string of the molecule is C=CCOc1c(I)cc(/C=c2\sc3n(c2=O)C(c2ccc4c(c2)OCO4)C(C(=O)OCC)=C(c2ccccc2)N=3)cc1I. The van der Waals surface area contributed by atoms with E-state index in [1.165, 1.54) is 11.3 Å². The van der Waals surface area contributed by atoms with E-state index >= 15 is 0 Å². The molecule has 0 saturated heterocycles. The Hall–Kier alpha value is -3.43. The van der Waals surface area contributed by atoms with Crippen molar-refractivity contribution in [3.63, 3.8) is 0 Å². The zero-order valence-electron chi connectivity index (χ0n) is 22.8. The molecular formula is C32H24I2N2O6S. The van der Waals surface area contributed by atoms with Crippen molar-refractivity contribution in [2.45, 2.75) is 13.0 Å². The number of aromatic nitrogens is 1. The van der Waals surface area contributed by atoms with Crippen LogP contribution in [0.15, 0.2) is 88.7 Å². The molecular weight excluding hydrogens is 794 g/mol. The molecule has 1 aromatic heterocycles. The Morgan fingerprint density at radius 2 is 1.86 bits per heavy atom. The number of esters is 1. The van der Waals surface area contributed by atoms with Crippen LogP contribution in [0, 0.1) is 7.14 Å². The van der Waals surface area contributed by atoms with Crippen LogP contribution in [0.2, 0.25) is 0 Å². The number of thiazole rings is 1. The van der Waals surface area contributed by atoms with Gasteiger partial charge in [-0.3, -0.25) is 9.36 Å². The van der Waals surface area contributed by atoms with Crippen LogP contribution >= 0.6 is 56.5 Å². The summed E-state index contributed by atoms with van der Waals surface area (Å²) < 4.78 is 26.4. The van der Waals surface area contributed by atoms with Gasteiger partial charge in [-0.15, -0.1) is 0 Å². The van der Waals surface area contributed by atoms with Crippen molar-refractivity contribution in [3.05, 3.63) is 122 Å². The molecule has 0 spiro atoms. The van der Waals surface area contributed by atoms with Gasteiger partial charge in [-0.25, -0.2) is 9.79 Å². The molecule has 3 heterocycles. The highest BCUT2D eigenvalue weighted by atomic mass is 127. The third-order valence-electron chi connectivity index (χ3n) is 6.75. The Kier molecular flexibility index (Phi) is 8.73. The molecule has 6 rings (SSSR count). The maximum absolute atomic E-state index is 14.2. The van der Waals surface area contributed by atoms with Gasteiger partial charge in [-0.05, 0) is 93.6 Å². The van der Waals surface area contributed by atoms with Gasteiger partial charge in [0.05, 0.1) is 35.6 Å². The fraction of sp³-hybridized carbons (Fsp3) is 0.156. The lowest BCUT2D eigenvalue weighted by Gasteiger charge is -2.26. The molecule has 0 saturated carbocycles. The van der Waals surface area contributed by atoms with Crippen molar-refractivity contribution in [1.82, 2.24) is 4.57 Å². The number of ether oxygens (including phenoxy) is 4. The lowest BCUT2D eigenvalue weighted by Crippen LogP contribution is -2.40. The average Bonchev–Trinajstić information content (AvgIpc) is 3.60. The smallest absolute Gasteiger partial charge is 0.338 e. The van der Waals surface area contributed by atoms with Crippen LogP contribution in [0.25, 0.3) is 11.8 Å². The van der Waals surface area contributed by atoms with Crippen LogP contribution < -0.4 is 29.1 Å². The zero-order chi connectivity index (χ0) is 30.1. The molecule has 2 aliphatic rings. The summed E-state index contributed by atoms with van der Waals surface area (Å²) in [5.41, 5.74) is 2.74. The van der Waals surface area contributed by atoms with Crippen LogP contribution in [-0.2, 0) is 9.53 Å². The molecule has 0 amide bonds. The first-order valence-electron chi connectivity index (χ1n) is 13.3. The molecule has 0 radical (unpaired) electrons. The fourth-order valence-corrected chi connectivity index (χ4v) is 8.06. The zero-order valence-corrected chi connectivity index (χ0v) is 28.0. The quantitative estimate of drug-likeness (QED) is 0.134. The van der Waals surface area contributed by atoms with Crippen LogP contribution in [-0.4, -0.2) is 30.5 Å². The van der Waals surface area contributed by atoms with E-state index in [4.69, 9.17) is 23.9 Å². The molecule has 0 aliphatic carbocycles. The molecule has 11 heteroatoms. The molecule has 3 aromatic carbocycles. The highest BCUT2D eigenvalue weighted by molar-refractivity contribution is 14.1. The van der Waals surface area contributed by atoms with E-state index in [-0.39, 0.29) is 24.5 Å². The summed E-state index contributed by atoms with van der Waals surface area (Å²) in [6, 6.07) is 18.0. The van der Waals surface area contributed by atoms with Gasteiger partial charge in [0.1, 0.15) is 12.4 Å². The predicted molar refractivity (Wildman–Crippen MR) is 181 cm³/mol. The highest BCUT2D eigenvalue weighted by Gasteiger charge is 2.36. The van der Waals surface area contributed by atoms with Crippen molar-refractivity contribution >= 4 is 74.3 Å². The van der Waals surface area contributed by atoms with E-state index in [2.05, 4.69) is 51.8 Å². The van der Waals surface area contributed by atoms with Crippen LogP contribution in [0.5, 0.6) is 17.2 Å². The van der Waals surface area contributed by atoms with Crippen molar-refractivity contribution in [1.29, 1.82) is 0 Å². The molecule has 0 bridgehead atoms. The predicted octanol–water partition coefficient (Wildman–Crippen LogP) is 5.44. The van der Waals surface area contributed by atoms with Crippen LogP contribution in [0.4, 0.5) is 0 Å². The average molecular weight is 818 g/mol. The number of nitrogens with zero attached hydrogens (tertiary/aromatic N) is 2. The molecule has 43 heavy (non-hydrogen) atoms. The number of halogens is 2. The first kappa shape index (κ1) is 29.6. The minimum absolute atomic E-state index is 0.104. The Balaban J connectivity index is 1.59. The second kappa shape index (κ2) is 12.7. The summed E-state index contributed by atoms with van der Waals surface area (Å²) in [4.78, 5) is 33.2. The van der Waals surface area contributed by atoms with Crippen molar-refractivity contribution in [2.24, 2.45) is 4.99 Å². The van der Waals surface area contributed by atoms with Crippen molar-refractivity contribution in [3.8, 4) is 17.2 Å². The number of carbonyl (C=O) groups is 1. The molecule has 218 valence electrons. The molecule has 1 atom stereocenters. The number of fused-ring (bicyclic) bond motifs is 2. The van der Waals surface area contributed by atoms with E-state index in [1.54, 1.807) is 23.6 Å². The Bertz CT molecular complexity index is 1940. The third kappa shape index (κ3) is 5.77. The minimum atomic E-state index is -0.808. The monoisotopic (exact) mass is 818 g/mol. The lowest BCUT2D eigenvalue weighted by atomic mass is 9.93. The summed E-state index contributed by atoms with van der Waals surface area (Å²) in [6.07, 6.45) is 3.55. The molecule has 8 nitrogen and oxygen atoms in total. The van der Waals surface area contributed by atoms with Gasteiger partial charge in [0, 0.05) is 5.56 Å². The number of hydrogen-bond acceptors (Lipinski definition) is 8. The normalized spacial score (nSPS) is 15.6. The number of hydrogen-bond donors (Lipinski definition) is 0. The van der Waals surface area contributed by atoms with Gasteiger partial charge in [-0.2, -0.15) is 0 Å². The molecule has 0 fully saturated rings. The second-order valence-corrected chi connectivity index (χ2v) is 12.8. The van der Waals surface area contributed by atoms with Gasteiger partial charge >= 0.3 is 5.97 Å². The second-order valence-electron chi connectivity index (χ2n) is 9.46. The van der Waals surface area contributed by atoms with Gasteiger partial charge < -0.3 is 18.9 Å². The maximum Gasteiger partial charge on any atom is 0.338 e. The number of rotatable bonds is 8. The maximum atomic E-state index is 14.2. The van der Waals surface area contributed by atoms with Gasteiger partial charge in [0.15, 0.2) is 16.3 Å². The van der Waals surface area contributed by atoms with Gasteiger partial charge in [-0.1, -0.05) is 60.4 Å². The van der Waals surface area contributed by atoms with E-state index in [0.29, 0.717) is 38.7 Å². The molecule has 1 unspecified atom stereocenters. The van der Waals surface area contributed by atoms with Crippen LogP contribution in [0.3, 0.4) is 0 Å². The lowest BCUT2D eigenvalue weighted by molar-refractivity contribution is -0.138. The topological polar surface area (TPSA) is 88.3 Å². The summed E-state index contributed by atoms with van der Waals surface area (Å²) in [5, 5.41) is 0. The van der Waals surface area contributed by atoms with Gasteiger partial charge in [0.25, 0.3) is 5.56 Å². The number of carbonyl (C=O) groups excluding carboxylic acids is 1. The highest BCUT2D eigenvalue weighted by Crippen LogP contribution is 2.40. The van der Waals surface area contributed by atoms with E-state index in [0.717, 1.165) is 24.0 Å².